The van der Waals surface area contributed by atoms with E-state index < -0.39 is 0 Å². The summed E-state index contributed by atoms with van der Waals surface area (Å²) in [5.41, 5.74) is 0. The van der Waals surface area contributed by atoms with Gasteiger partial charge in [-0.3, -0.25) is 4.98 Å². The molecule has 82 valence electrons. The summed E-state index contributed by atoms with van der Waals surface area (Å²) in [6.07, 6.45) is 6.89. The zero-order valence-electron chi connectivity index (χ0n) is 8.36. The highest BCUT2D eigenvalue weighted by molar-refractivity contribution is 9.10. The van der Waals surface area contributed by atoms with Crippen LogP contribution in [0.3, 0.4) is 0 Å². The van der Waals surface area contributed by atoms with E-state index in [1.165, 1.54) is 6.42 Å². The number of rotatable bonds is 3. The quantitative estimate of drug-likeness (QED) is 0.846. The average Bonchev–Trinajstić information content (AvgIpc) is 2.28. The maximum absolute atomic E-state index is 5.54. The lowest BCUT2D eigenvalue weighted by atomic mass is 10.1. The molecule has 0 radical (unpaired) electrons. The fourth-order valence-corrected chi connectivity index (χ4v) is 1.81. The normalized spacial score (nSPS) is 21.3. The third kappa shape index (κ3) is 3.43. The zero-order chi connectivity index (χ0) is 10.5. The predicted octanol–water partition coefficient (Wildman–Crippen LogP) is 2.19. The van der Waals surface area contributed by atoms with E-state index in [1.807, 2.05) is 0 Å². The number of hydrogen-bond acceptors (Lipinski definition) is 4. The van der Waals surface area contributed by atoms with E-state index in [1.54, 1.807) is 12.4 Å². The van der Waals surface area contributed by atoms with Gasteiger partial charge in [-0.1, -0.05) is 0 Å². The molecule has 0 aromatic carbocycles. The molecular formula is C10H13BrN2O2. The molecule has 1 aromatic rings. The number of nitrogens with zero attached hydrogens (tertiary/aromatic N) is 2. The van der Waals surface area contributed by atoms with Crippen molar-refractivity contribution in [2.75, 3.05) is 13.2 Å². The topological polar surface area (TPSA) is 44.2 Å². The average molecular weight is 273 g/mol. The Kier molecular flexibility index (Phi) is 3.91. The molecule has 0 amide bonds. The van der Waals surface area contributed by atoms with Crippen molar-refractivity contribution < 1.29 is 9.47 Å². The van der Waals surface area contributed by atoms with Crippen molar-refractivity contribution >= 4 is 15.9 Å². The van der Waals surface area contributed by atoms with Crippen LogP contribution in [0.4, 0.5) is 0 Å². The van der Waals surface area contributed by atoms with Gasteiger partial charge in [0.1, 0.15) is 11.2 Å². The molecule has 4 nitrogen and oxygen atoms in total. The van der Waals surface area contributed by atoms with Crippen molar-refractivity contribution in [3.63, 3.8) is 0 Å². The second-order valence-electron chi connectivity index (χ2n) is 3.48. The summed E-state index contributed by atoms with van der Waals surface area (Å²) in [4.78, 5) is 8.11. The zero-order valence-corrected chi connectivity index (χ0v) is 9.94. The van der Waals surface area contributed by atoms with Crippen LogP contribution in [-0.4, -0.2) is 29.3 Å². The summed E-state index contributed by atoms with van der Waals surface area (Å²) in [6.45, 7) is 1.41. The van der Waals surface area contributed by atoms with Gasteiger partial charge in [0.05, 0.1) is 18.5 Å². The summed E-state index contributed by atoms with van der Waals surface area (Å²) in [5.74, 6) is 0.540. The van der Waals surface area contributed by atoms with Gasteiger partial charge in [0.2, 0.25) is 5.88 Å². The summed E-state index contributed by atoms with van der Waals surface area (Å²) < 4.78 is 11.7. The van der Waals surface area contributed by atoms with Crippen molar-refractivity contribution in [3.05, 3.63) is 17.0 Å². The second-order valence-corrected chi connectivity index (χ2v) is 4.29. The number of halogens is 1. The van der Waals surface area contributed by atoms with Crippen molar-refractivity contribution in [2.24, 2.45) is 0 Å². The van der Waals surface area contributed by atoms with Crippen LogP contribution in [0.5, 0.6) is 5.88 Å². The van der Waals surface area contributed by atoms with Gasteiger partial charge in [-0.15, -0.1) is 0 Å². The number of ether oxygens (including phenoxy) is 2. The van der Waals surface area contributed by atoms with E-state index in [0.29, 0.717) is 17.1 Å². The van der Waals surface area contributed by atoms with E-state index in [9.17, 15) is 0 Å². The SMILES string of the molecule is Brc1cncc(OCC2CCCCO2)n1. The van der Waals surface area contributed by atoms with E-state index >= 15 is 0 Å². The summed E-state index contributed by atoms with van der Waals surface area (Å²) in [7, 11) is 0. The molecule has 1 aromatic heterocycles. The van der Waals surface area contributed by atoms with Crippen LogP contribution in [0.1, 0.15) is 19.3 Å². The monoisotopic (exact) mass is 272 g/mol. The van der Waals surface area contributed by atoms with Crippen LogP contribution in [-0.2, 0) is 4.74 Å². The van der Waals surface area contributed by atoms with Gasteiger partial charge in [0.15, 0.2) is 0 Å². The van der Waals surface area contributed by atoms with Gasteiger partial charge in [0.25, 0.3) is 0 Å². The van der Waals surface area contributed by atoms with Crippen LogP contribution in [0.2, 0.25) is 0 Å². The first-order valence-corrected chi connectivity index (χ1v) is 5.86. The summed E-state index contributed by atoms with van der Waals surface area (Å²) in [6, 6.07) is 0. The lowest BCUT2D eigenvalue weighted by Crippen LogP contribution is -2.26. The minimum Gasteiger partial charge on any atom is -0.474 e. The molecule has 2 heterocycles. The van der Waals surface area contributed by atoms with E-state index in [0.717, 1.165) is 19.4 Å². The van der Waals surface area contributed by atoms with Crippen LogP contribution < -0.4 is 4.74 Å². The Morgan fingerprint density at radius 3 is 3.13 bits per heavy atom. The third-order valence-corrected chi connectivity index (χ3v) is 2.66. The third-order valence-electron chi connectivity index (χ3n) is 2.27. The van der Waals surface area contributed by atoms with Crippen LogP contribution in [0.15, 0.2) is 17.0 Å². The summed E-state index contributed by atoms with van der Waals surface area (Å²) >= 11 is 3.24. The molecule has 1 unspecified atom stereocenters. The lowest BCUT2D eigenvalue weighted by Gasteiger charge is -2.22. The molecule has 1 saturated heterocycles. The second kappa shape index (κ2) is 5.42. The molecule has 1 aliphatic rings. The Hall–Kier alpha value is -0.680. The van der Waals surface area contributed by atoms with E-state index in [-0.39, 0.29) is 6.10 Å². The maximum Gasteiger partial charge on any atom is 0.233 e. The standard InChI is InChI=1S/C10H13BrN2O2/c11-9-5-12-6-10(13-9)15-7-8-3-1-2-4-14-8/h5-6,8H,1-4,7H2. The highest BCUT2D eigenvalue weighted by atomic mass is 79.9. The van der Waals surface area contributed by atoms with Crippen LogP contribution >= 0.6 is 15.9 Å². The van der Waals surface area contributed by atoms with Crippen LogP contribution in [0.25, 0.3) is 0 Å². The predicted molar refractivity (Wildman–Crippen MR) is 58.8 cm³/mol. The first-order valence-electron chi connectivity index (χ1n) is 5.06. The Labute approximate surface area is 97.1 Å². The first kappa shape index (κ1) is 10.8. The number of hydrogen-bond donors (Lipinski definition) is 0. The molecule has 0 saturated carbocycles. The Morgan fingerprint density at radius 2 is 2.40 bits per heavy atom. The van der Waals surface area contributed by atoms with Gasteiger partial charge < -0.3 is 9.47 Å². The minimum absolute atomic E-state index is 0.208. The highest BCUT2D eigenvalue weighted by Crippen LogP contribution is 2.15. The molecule has 15 heavy (non-hydrogen) atoms. The lowest BCUT2D eigenvalue weighted by molar-refractivity contribution is -0.0120. The first-order chi connectivity index (χ1) is 7.34. The highest BCUT2D eigenvalue weighted by Gasteiger charge is 2.14. The van der Waals surface area contributed by atoms with E-state index in [2.05, 4.69) is 25.9 Å². The van der Waals surface area contributed by atoms with Crippen molar-refractivity contribution in [3.8, 4) is 5.88 Å². The summed E-state index contributed by atoms with van der Waals surface area (Å²) in [5, 5.41) is 0. The molecule has 0 bridgehead atoms. The molecule has 1 aliphatic heterocycles. The van der Waals surface area contributed by atoms with Gasteiger partial charge in [-0.05, 0) is 35.2 Å². The Bertz CT molecular complexity index is 316. The molecule has 0 aliphatic carbocycles. The molecule has 1 atom stereocenters. The van der Waals surface area contributed by atoms with Crippen molar-refractivity contribution in [1.82, 2.24) is 9.97 Å². The Balaban J connectivity index is 1.81. The molecule has 0 N–H and O–H groups in total. The maximum atomic E-state index is 5.54. The molecule has 0 spiro atoms. The molecular weight excluding hydrogens is 260 g/mol. The van der Waals surface area contributed by atoms with Crippen LogP contribution in [0, 0.1) is 0 Å². The van der Waals surface area contributed by atoms with Crippen molar-refractivity contribution in [1.29, 1.82) is 0 Å². The Morgan fingerprint density at radius 1 is 1.47 bits per heavy atom. The molecule has 5 heteroatoms. The molecule has 2 rings (SSSR count). The van der Waals surface area contributed by atoms with Gasteiger partial charge >= 0.3 is 0 Å². The molecule has 1 fully saturated rings. The van der Waals surface area contributed by atoms with Gasteiger partial charge in [-0.25, -0.2) is 4.98 Å². The van der Waals surface area contributed by atoms with E-state index in [4.69, 9.17) is 9.47 Å². The largest absolute Gasteiger partial charge is 0.474 e. The van der Waals surface area contributed by atoms with Gasteiger partial charge in [-0.2, -0.15) is 0 Å². The van der Waals surface area contributed by atoms with Gasteiger partial charge in [0, 0.05) is 6.61 Å². The minimum atomic E-state index is 0.208. The van der Waals surface area contributed by atoms with Crippen molar-refractivity contribution in [2.45, 2.75) is 25.4 Å². The fourth-order valence-electron chi connectivity index (χ4n) is 1.51. The smallest absolute Gasteiger partial charge is 0.233 e. The number of aromatic nitrogens is 2. The fraction of sp³-hybridized carbons (Fsp3) is 0.600.